The zero-order valence-electron chi connectivity index (χ0n) is 10.8. The third-order valence-electron chi connectivity index (χ3n) is 3.14. The molecule has 0 spiro atoms. The van der Waals surface area contributed by atoms with Crippen LogP contribution in [-0.4, -0.2) is 34.0 Å². The van der Waals surface area contributed by atoms with Crippen LogP contribution in [0, 0.1) is 0 Å². The van der Waals surface area contributed by atoms with Crippen molar-refractivity contribution in [1.29, 1.82) is 0 Å². The first-order chi connectivity index (χ1) is 8.95. The van der Waals surface area contributed by atoms with E-state index in [2.05, 4.69) is 4.98 Å². The summed E-state index contributed by atoms with van der Waals surface area (Å²) in [5.41, 5.74) is 2.15. The van der Waals surface area contributed by atoms with Crippen molar-refractivity contribution in [2.24, 2.45) is 0 Å². The van der Waals surface area contributed by atoms with E-state index in [0.717, 1.165) is 5.56 Å². The van der Waals surface area contributed by atoms with Gasteiger partial charge in [0.1, 0.15) is 0 Å². The highest BCUT2D eigenvalue weighted by Gasteiger charge is 2.13. The first-order valence-electron chi connectivity index (χ1n) is 5.99. The number of nitrogens with one attached hydrogen (secondary N) is 1. The third kappa shape index (κ3) is 3.23. The fourth-order valence-corrected chi connectivity index (χ4v) is 1.94. The lowest BCUT2D eigenvalue weighted by Crippen LogP contribution is -2.30. The molecule has 0 aliphatic carbocycles. The number of aliphatic carboxylic acids is 1. The summed E-state index contributed by atoms with van der Waals surface area (Å²) in [6.07, 6.45) is 0.0952. The molecule has 1 unspecified atom stereocenters. The van der Waals surface area contributed by atoms with Gasteiger partial charge in [0, 0.05) is 12.6 Å². The Morgan fingerprint density at radius 3 is 2.95 bits per heavy atom. The largest absolute Gasteiger partial charge is 0.481 e. The van der Waals surface area contributed by atoms with Crippen LogP contribution in [0.25, 0.3) is 11.1 Å². The van der Waals surface area contributed by atoms with Crippen molar-refractivity contribution < 1.29 is 14.3 Å². The van der Waals surface area contributed by atoms with Gasteiger partial charge in [0.15, 0.2) is 5.58 Å². The molecule has 102 valence electrons. The number of carbonyl (C=O) groups is 1. The average Bonchev–Trinajstić information content (AvgIpc) is 2.67. The highest BCUT2D eigenvalue weighted by Crippen LogP contribution is 2.15. The summed E-state index contributed by atoms with van der Waals surface area (Å²) in [5, 5.41) is 8.76. The van der Waals surface area contributed by atoms with Crippen molar-refractivity contribution in [3.05, 3.63) is 34.3 Å². The fourth-order valence-electron chi connectivity index (χ4n) is 1.94. The lowest BCUT2D eigenvalue weighted by molar-refractivity contribution is -0.138. The van der Waals surface area contributed by atoms with Gasteiger partial charge in [-0.1, -0.05) is 6.07 Å². The molecule has 0 saturated carbocycles. The average molecular weight is 264 g/mol. The van der Waals surface area contributed by atoms with Crippen LogP contribution in [0.4, 0.5) is 0 Å². The zero-order chi connectivity index (χ0) is 14.0. The highest BCUT2D eigenvalue weighted by atomic mass is 16.4. The van der Waals surface area contributed by atoms with Gasteiger partial charge in [0.2, 0.25) is 0 Å². The molecule has 0 amide bonds. The van der Waals surface area contributed by atoms with Gasteiger partial charge in [-0.05, 0) is 31.7 Å². The van der Waals surface area contributed by atoms with E-state index in [9.17, 15) is 9.59 Å². The lowest BCUT2D eigenvalue weighted by Gasteiger charge is -2.23. The van der Waals surface area contributed by atoms with Crippen LogP contribution in [0.5, 0.6) is 0 Å². The summed E-state index contributed by atoms with van der Waals surface area (Å²) >= 11 is 0. The van der Waals surface area contributed by atoms with Crippen LogP contribution in [-0.2, 0) is 11.3 Å². The zero-order valence-corrected chi connectivity index (χ0v) is 10.8. The minimum atomic E-state index is -0.813. The molecule has 0 saturated heterocycles. The molecule has 6 heteroatoms. The van der Waals surface area contributed by atoms with E-state index in [1.54, 1.807) is 12.1 Å². The summed E-state index contributed by atoms with van der Waals surface area (Å²) < 4.78 is 4.99. The molecule has 0 radical (unpaired) electrons. The molecule has 2 rings (SSSR count). The second kappa shape index (κ2) is 5.27. The number of carboxylic acids is 1. The predicted octanol–water partition coefficient (Wildman–Crippen LogP) is 1.42. The second-order valence-electron chi connectivity index (χ2n) is 4.71. The number of H-pyrrole nitrogens is 1. The van der Waals surface area contributed by atoms with Crippen molar-refractivity contribution >= 4 is 17.1 Å². The van der Waals surface area contributed by atoms with E-state index in [1.165, 1.54) is 0 Å². The molecular weight excluding hydrogens is 248 g/mol. The molecule has 6 nitrogen and oxygen atoms in total. The maximum atomic E-state index is 11.1. The van der Waals surface area contributed by atoms with Crippen molar-refractivity contribution in [3.8, 4) is 0 Å². The standard InChI is InChI=1S/C13H16N2O4/c1-8(5-12(16)17)15(2)7-9-3-4-10-11(6-9)19-13(18)14-10/h3-4,6,8H,5,7H2,1-2H3,(H,14,18)(H,16,17). The van der Waals surface area contributed by atoms with Gasteiger partial charge in [-0.15, -0.1) is 0 Å². The van der Waals surface area contributed by atoms with Crippen LogP contribution in [0.15, 0.2) is 27.4 Å². The summed E-state index contributed by atoms with van der Waals surface area (Å²) in [5.74, 6) is -1.29. The van der Waals surface area contributed by atoms with Gasteiger partial charge in [0.05, 0.1) is 11.9 Å². The molecule has 1 aromatic carbocycles. The first-order valence-corrected chi connectivity index (χ1v) is 5.99. The molecule has 19 heavy (non-hydrogen) atoms. The van der Waals surface area contributed by atoms with Crippen molar-refractivity contribution in [2.45, 2.75) is 25.9 Å². The Morgan fingerprint density at radius 1 is 1.53 bits per heavy atom. The molecule has 0 bridgehead atoms. The summed E-state index contributed by atoms with van der Waals surface area (Å²) in [6.45, 7) is 2.46. The van der Waals surface area contributed by atoms with E-state index in [4.69, 9.17) is 9.52 Å². The molecule has 1 atom stereocenters. The third-order valence-corrected chi connectivity index (χ3v) is 3.14. The number of benzene rings is 1. The molecule has 1 aromatic heterocycles. The number of aromatic amines is 1. The van der Waals surface area contributed by atoms with Gasteiger partial charge in [-0.2, -0.15) is 0 Å². The van der Waals surface area contributed by atoms with Crippen LogP contribution in [0.3, 0.4) is 0 Å². The number of rotatable bonds is 5. The second-order valence-corrected chi connectivity index (χ2v) is 4.71. The monoisotopic (exact) mass is 264 g/mol. The normalized spacial score (nSPS) is 13.0. The van der Waals surface area contributed by atoms with Crippen LogP contribution in [0.1, 0.15) is 18.9 Å². The Bertz CT molecular complexity index is 643. The smallest absolute Gasteiger partial charge is 0.417 e. The van der Waals surface area contributed by atoms with Gasteiger partial charge in [-0.25, -0.2) is 4.79 Å². The Balaban J connectivity index is 2.12. The van der Waals surface area contributed by atoms with E-state index in [0.29, 0.717) is 17.6 Å². The number of oxazole rings is 1. The fraction of sp³-hybridized carbons (Fsp3) is 0.385. The Labute approximate surface area is 109 Å². The number of nitrogens with zero attached hydrogens (tertiary/aromatic N) is 1. The molecule has 0 aliphatic heterocycles. The lowest BCUT2D eigenvalue weighted by atomic mass is 10.1. The Hall–Kier alpha value is -2.08. The highest BCUT2D eigenvalue weighted by molar-refractivity contribution is 5.72. The van der Waals surface area contributed by atoms with Gasteiger partial charge in [-0.3, -0.25) is 14.7 Å². The number of carboxylic acid groups (broad SMARTS) is 1. The minimum absolute atomic E-state index is 0.0635. The number of hydrogen-bond donors (Lipinski definition) is 2. The van der Waals surface area contributed by atoms with Crippen molar-refractivity contribution in [2.75, 3.05) is 7.05 Å². The number of hydrogen-bond acceptors (Lipinski definition) is 4. The van der Waals surface area contributed by atoms with Crippen molar-refractivity contribution in [3.63, 3.8) is 0 Å². The first kappa shape index (κ1) is 13.4. The quantitative estimate of drug-likeness (QED) is 0.852. The SMILES string of the molecule is CC(CC(=O)O)N(C)Cc1ccc2[nH]c(=O)oc2c1. The topological polar surface area (TPSA) is 86.5 Å². The molecule has 0 aliphatic rings. The van der Waals surface area contributed by atoms with E-state index in [1.807, 2.05) is 24.9 Å². The summed E-state index contributed by atoms with van der Waals surface area (Å²) in [7, 11) is 1.87. The number of aromatic nitrogens is 1. The van der Waals surface area contributed by atoms with E-state index >= 15 is 0 Å². The van der Waals surface area contributed by atoms with Gasteiger partial charge < -0.3 is 9.52 Å². The van der Waals surface area contributed by atoms with E-state index in [-0.39, 0.29) is 12.5 Å². The van der Waals surface area contributed by atoms with Crippen LogP contribution in [0.2, 0.25) is 0 Å². The molecule has 0 fully saturated rings. The Morgan fingerprint density at radius 2 is 2.26 bits per heavy atom. The summed E-state index contributed by atoms with van der Waals surface area (Å²) in [6, 6.07) is 5.40. The molecule has 2 N–H and O–H groups in total. The predicted molar refractivity (Wildman–Crippen MR) is 70.0 cm³/mol. The van der Waals surface area contributed by atoms with Crippen LogP contribution < -0.4 is 5.76 Å². The minimum Gasteiger partial charge on any atom is -0.481 e. The van der Waals surface area contributed by atoms with Crippen molar-refractivity contribution in [1.82, 2.24) is 9.88 Å². The molecule has 1 heterocycles. The molecular formula is C13H16N2O4. The van der Waals surface area contributed by atoms with Gasteiger partial charge in [0.25, 0.3) is 0 Å². The maximum Gasteiger partial charge on any atom is 0.417 e. The van der Waals surface area contributed by atoms with E-state index < -0.39 is 11.7 Å². The van der Waals surface area contributed by atoms with Crippen LogP contribution >= 0.6 is 0 Å². The molecule has 2 aromatic rings. The maximum absolute atomic E-state index is 11.1. The summed E-state index contributed by atoms with van der Waals surface area (Å²) in [4.78, 5) is 26.2. The van der Waals surface area contributed by atoms with Gasteiger partial charge >= 0.3 is 11.7 Å². The number of fused-ring (bicyclic) bond motifs is 1. The Kier molecular flexibility index (Phi) is 3.71.